The Hall–Kier alpha value is -3.34. The first-order valence-corrected chi connectivity index (χ1v) is 10.7. The number of benzene rings is 3. The number of nitrogens with zero attached hydrogens (tertiary/aromatic N) is 1. The number of rotatable bonds is 9. The maximum Gasteiger partial charge on any atom is 0.261 e. The molecule has 31 heavy (non-hydrogen) atoms. The van der Waals surface area contributed by atoms with E-state index in [2.05, 4.69) is 5.32 Å². The van der Waals surface area contributed by atoms with Crippen molar-refractivity contribution in [1.29, 1.82) is 0 Å². The number of hydrogen-bond donors (Lipinski definition) is 1. The van der Waals surface area contributed by atoms with Gasteiger partial charge >= 0.3 is 0 Å². The molecule has 0 aliphatic rings. The van der Waals surface area contributed by atoms with Crippen molar-refractivity contribution in [3.63, 3.8) is 0 Å². The van der Waals surface area contributed by atoms with Crippen LogP contribution in [-0.2, 0) is 16.0 Å². The fourth-order valence-corrected chi connectivity index (χ4v) is 3.52. The zero-order valence-corrected chi connectivity index (χ0v) is 18.4. The number of hydrogen-bond acceptors (Lipinski definition) is 3. The summed E-state index contributed by atoms with van der Waals surface area (Å²) in [5.41, 5.74) is 1.12. The van der Waals surface area contributed by atoms with Gasteiger partial charge in [0.25, 0.3) is 5.91 Å². The minimum absolute atomic E-state index is 0.00737. The second-order valence-corrected chi connectivity index (χ2v) is 7.93. The molecule has 0 radical (unpaired) electrons. The summed E-state index contributed by atoms with van der Waals surface area (Å²) in [6, 6.07) is 23.0. The lowest BCUT2D eigenvalue weighted by molar-refractivity contribution is -0.141. The Labute approximate surface area is 184 Å². The first kappa shape index (κ1) is 22.3. The summed E-state index contributed by atoms with van der Waals surface area (Å²) < 4.78 is 5.90. The third-order valence-electron chi connectivity index (χ3n) is 5.18. The van der Waals surface area contributed by atoms with Crippen molar-refractivity contribution >= 4 is 22.6 Å². The summed E-state index contributed by atoms with van der Waals surface area (Å²) in [7, 11) is 0. The van der Waals surface area contributed by atoms with E-state index in [1.807, 2.05) is 86.6 Å². The molecule has 0 aromatic heterocycles. The van der Waals surface area contributed by atoms with Crippen LogP contribution in [-0.4, -0.2) is 41.9 Å². The Morgan fingerprint density at radius 1 is 0.903 bits per heavy atom. The van der Waals surface area contributed by atoms with Crippen LogP contribution in [0.3, 0.4) is 0 Å². The molecule has 0 saturated heterocycles. The van der Waals surface area contributed by atoms with E-state index in [1.54, 1.807) is 11.8 Å². The second kappa shape index (κ2) is 10.6. The summed E-state index contributed by atoms with van der Waals surface area (Å²) in [6.45, 7) is 5.89. The molecule has 0 unspecified atom stereocenters. The van der Waals surface area contributed by atoms with Gasteiger partial charge in [-0.05, 0) is 44.2 Å². The third kappa shape index (κ3) is 6.07. The zero-order chi connectivity index (χ0) is 22.2. The van der Waals surface area contributed by atoms with Gasteiger partial charge in [-0.15, -0.1) is 0 Å². The number of ether oxygens (including phenoxy) is 1. The number of carbonyl (C=O) groups is 2. The van der Waals surface area contributed by atoms with Crippen LogP contribution < -0.4 is 10.1 Å². The molecule has 162 valence electrons. The number of amides is 2. The molecule has 0 saturated carbocycles. The third-order valence-corrected chi connectivity index (χ3v) is 5.18. The second-order valence-electron chi connectivity index (χ2n) is 7.93. The van der Waals surface area contributed by atoms with Crippen LogP contribution in [0.25, 0.3) is 10.8 Å². The van der Waals surface area contributed by atoms with Crippen LogP contribution >= 0.6 is 0 Å². The number of carbonyl (C=O) groups excluding carboxylic acids is 2. The van der Waals surface area contributed by atoms with Gasteiger partial charge in [-0.2, -0.15) is 0 Å². The molecule has 5 nitrogen and oxygen atoms in total. The molecule has 1 atom stereocenters. The lowest BCUT2D eigenvalue weighted by Gasteiger charge is -2.29. The van der Waals surface area contributed by atoms with Crippen LogP contribution in [0, 0.1) is 0 Å². The molecule has 5 heteroatoms. The fraction of sp³-hybridized carbons (Fsp3) is 0.308. The SMILES string of the molecule is CC(C)NC(=O)[C@H](C)N(CCc1ccccc1)C(=O)COc1cccc2ccccc12. The van der Waals surface area contributed by atoms with Crippen LogP contribution in [0.4, 0.5) is 0 Å². The van der Waals surface area contributed by atoms with Crippen LogP contribution in [0.5, 0.6) is 5.75 Å². The number of nitrogens with one attached hydrogen (secondary N) is 1. The van der Waals surface area contributed by atoms with Gasteiger partial charge in [0, 0.05) is 18.0 Å². The quantitative estimate of drug-likeness (QED) is 0.567. The van der Waals surface area contributed by atoms with E-state index in [-0.39, 0.29) is 24.5 Å². The van der Waals surface area contributed by atoms with Gasteiger partial charge in [0.05, 0.1) is 0 Å². The predicted octanol–water partition coefficient (Wildman–Crippen LogP) is 4.20. The van der Waals surface area contributed by atoms with Gasteiger partial charge in [-0.1, -0.05) is 66.7 Å². The lowest BCUT2D eigenvalue weighted by atomic mass is 10.1. The Bertz CT molecular complexity index is 1010. The standard InChI is InChI=1S/C26H30N2O3/c1-19(2)27-26(30)20(3)28(17-16-21-10-5-4-6-11-21)25(29)18-31-24-15-9-13-22-12-7-8-14-23(22)24/h4-15,19-20H,16-18H2,1-3H3,(H,27,30)/t20-/m0/s1. The molecule has 1 N–H and O–H groups in total. The molecule has 0 aliphatic heterocycles. The van der Waals surface area contributed by atoms with Crippen molar-refractivity contribution in [1.82, 2.24) is 10.2 Å². The highest BCUT2D eigenvalue weighted by Gasteiger charge is 2.26. The molecule has 0 bridgehead atoms. The Morgan fingerprint density at radius 3 is 2.32 bits per heavy atom. The average molecular weight is 419 g/mol. The minimum atomic E-state index is -0.588. The van der Waals surface area contributed by atoms with Crippen molar-refractivity contribution in [3.8, 4) is 5.75 Å². The molecule has 2 amide bonds. The maximum absolute atomic E-state index is 13.1. The van der Waals surface area contributed by atoms with Gasteiger partial charge in [-0.3, -0.25) is 9.59 Å². The first-order valence-electron chi connectivity index (χ1n) is 10.7. The molecule has 0 spiro atoms. The van der Waals surface area contributed by atoms with Crippen LogP contribution in [0.2, 0.25) is 0 Å². The van der Waals surface area contributed by atoms with Gasteiger partial charge in [0.15, 0.2) is 6.61 Å². The fourth-order valence-electron chi connectivity index (χ4n) is 3.52. The van der Waals surface area contributed by atoms with E-state index in [9.17, 15) is 9.59 Å². The maximum atomic E-state index is 13.1. The molecule has 3 rings (SSSR count). The van der Waals surface area contributed by atoms with Gasteiger partial charge in [0.2, 0.25) is 5.91 Å². The topological polar surface area (TPSA) is 58.6 Å². The molecule has 3 aromatic rings. The normalized spacial score (nSPS) is 11.9. The molecular weight excluding hydrogens is 388 g/mol. The Balaban J connectivity index is 1.73. The average Bonchev–Trinajstić information content (AvgIpc) is 2.77. The summed E-state index contributed by atoms with van der Waals surface area (Å²) >= 11 is 0. The van der Waals surface area contributed by atoms with Gasteiger partial charge in [-0.25, -0.2) is 0 Å². The van der Waals surface area contributed by atoms with E-state index < -0.39 is 6.04 Å². The van der Waals surface area contributed by atoms with Crippen molar-refractivity contribution in [2.75, 3.05) is 13.2 Å². The predicted molar refractivity (Wildman–Crippen MR) is 124 cm³/mol. The highest BCUT2D eigenvalue weighted by molar-refractivity contribution is 5.90. The number of fused-ring (bicyclic) bond motifs is 1. The monoisotopic (exact) mass is 418 g/mol. The Morgan fingerprint density at radius 2 is 1.58 bits per heavy atom. The van der Waals surface area contributed by atoms with E-state index in [4.69, 9.17) is 4.74 Å². The summed E-state index contributed by atoms with van der Waals surface area (Å²) in [6.07, 6.45) is 0.667. The van der Waals surface area contributed by atoms with E-state index in [0.29, 0.717) is 18.7 Å². The van der Waals surface area contributed by atoms with E-state index in [0.717, 1.165) is 16.3 Å². The van der Waals surface area contributed by atoms with Crippen LogP contribution in [0.15, 0.2) is 72.8 Å². The smallest absolute Gasteiger partial charge is 0.261 e. The molecule has 3 aromatic carbocycles. The highest BCUT2D eigenvalue weighted by atomic mass is 16.5. The van der Waals surface area contributed by atoms with Gasteiger partial charge < -0.3 is 15.0 Å². The summed E-state index contributed by atoms with van der Waals surface area (Å²) in [5.74, 6) is 0.283. The zero-order valence-electron chi connectivity index (χ0n) is 18.4. The molecule has 0 aliphatic carbocycles. The molecule has 0 fully saturated rings. The molecule has 0 heterocycles. The summed E-state index contributed by atoms with van der Waals surface area (Å²) in [5, 5.41) is 4.91. The summed E-state index contributed by atoms with van der Waals surface area (Å²) in [4.78, 5) is 27.3. The lowest BCUT2D eigenvalue weighted by Crippen LogP contribution is -2.51. The first-order chi connectivity index (χ1) is 15.0. The van der Waals surface area contributed by atoms with E-state index >= 15 is 0 Å². The van der Waals surface area contributed by atoms with Crippen molar-refractivity contribution < 1.29 is 14.3 Å². The Kier molecular flexibility index (Phi) is 7.65. The van der Waals surface area contributed by atoms with E-state index in [1.165, 1.54) is 0 Å². The largest absolute Gasteiger partial charge is 0.483 e. The van der Waals surface area contributed by atoms with Gasteiger partial charge in [0.1, 0.15) is 11.8 Å². The highest BCUT2D eigenvalue weighted by Crippen LogP contribution is 2.25. The van der Waals surface area contributed by atoms with Crippen molar-refractivity contribution in [3.05, 3.63) is 78.4 Å². The minimum Gasteiger partial charge on any atom is -0.483 e. The molecular formula is C26H30N2O3. The van der Waals surface area contributed by atoms with Crippen molar-refractivity contribution in [2.24, 2.45) is 0 Å². The van der Waals surface area contributed by atoms with Crippen molar-refractivity contribution in [2.45, 2.75) is 39.3 Å². The van der Waals surface area contributed by atoms with Crippen LogP contribution in [0.1, 0.15) is 26.3 Å².